The Labute approximate surface area is 248 Å². The highest BCUT2D eigenvalue weighted by Gasteiger charge is 2.30. The number of rotatable bonds is 8. The van der Waals surface area contributed by atoms with E-state index < -0.39 is 0 Å². The first-order valence-electron chi connectivity index (χ1n) is 15.9. The Bertz CT molecular complexity index is 1160. The van der Waals surface area contributed by atoms with E-state index >= 15 is 0 Å². The van der Waals surface area contributed by atoms with Gasteiger partial charge in [-0.05, 0) is 87.8 Å². The summed E-state index contributed by atoms with van der Waals surface area (Å²) in [6.07, 6.45) is 13.1. The lowest BCUT2D eigenvalue weighted by Crippen LogP contribution is -2.32. The van der Waals surface area contributed by atoms with Crippen molar-refractivity contribution in [2.45, 2.75) is 89.9 Å². The van der Waals surface area contributed by atoms with Crippen molar-refractivity contribution in [2.75, 3.05) is 21.3 Å². The first-order chi connectivity index (χ1) is 20.4. The van der Waals surface area contributed by atoms with E-state index in [0.717, 1.165) is 51.4 Å². The molecule has 0 atom stereocenters. The molecule has 3 aliphatic carbocycles. The van der Waals surface area contributed by atoms with Gasteiger partial charge >= 0.3 is 0 Å². The van der Waals surface area contributed by atoms with E-state index in [4.69, 9.17) is 0 Å². The lowest BCUT2D eigenvalue weighted by atomic mass is 9.81. The smallest absolute Gasteiger partial charge is 0.227 e. The van der Waals surface area contributed by atoms with Crippen LogP contribution in [-0.2, 0) is 19.2 Å². The second kappa shape index (κ2) is 14.5. The molecule has 42 heavy (non-hydrogen) atoms. The summed E-state index contributed by atoms with van der Waals surface area (Å²) in [5.74, 6) is -0.157. The van der Waals surface area contributed by atoms with Crippen LogP contribution in [0.25, 0.3) is 0 Å². The quantitative estimate of drug-likeness (QED) is 0.270. The Morgan fingerprint density at radius 1 is 0.405 bits per heavy atom. The summed E-state index contributed by atoms with van der Waals surface area (Å²) in [6, 6.07) is 14.7. The summed E-state index contributed by atoms with van der Waals surface area (Å²) in [4.78, 5) is 51.3. The predicted octanol–water partition coefficient (Wildman–Crippen LogP) is 7.11. The summed E-state index contributed by atoms with van der Waals surface area (Å²) in [7, 11) is 0. The number of carbonyl (C=O) groups excluding carboxylic acids is 4. The molecule has 4 amide bonds. The molecule has 8 nitrogen and oxygen atoms in total. The highest BCUT2D eigenvalue weighted by Crippen LogP contribution is 2.32. The molecule has 0 aliphatic heterocycles. The minimum Gasteiger partial charge on any atom is -0.326 e. The van der Waals surface area contributed by atoms with Crippen LogP contribution in [0, 0.1) is 23.7 Å². The van der Waals surface area contributed by atoms with Gasteiger partial charge in [0.05, 0.1) is 0 Å². The number of hydrogen-bond acceptors (Lipinski definition) is 4. The second-order valence-corrected chi connectivity index (χ2v) is 12.3. The van der Waals surface area contributed by atoms with Crippen molar-refractivity contribution < 1.29 is 19.2 Å². The minimum absolute atomic E-state index is 0.0500. The molecule has 8 heteroatoms. The normalized spacial score (nSPS) is 21.6. The first kappa shape index (κ1) is 29.8. The summed E-state index contributed by atoms with van der Waals surface area (Å²) < 4.78 is 0. The fourth-order valence-electron chi connectivity index (χ4n) is 6.67. The van der Waals surface area contributed by atoms with Gasteiger partial charge in [0, 0.05) is 46.4 Å². The summed E-state index contributed by atoms with van der Waals surface area (Å²) >= 11 is 0. The van der Waals surface area contributed by atoms with Gasteiger partial charge in [-0.1, -0.05) is 50.7 Å². The van der Waals surface area contributed by atoms with Crippen LogP contribution in [0.5, 0.6) is 0 Å². The Hall–Kier alpha value is -3.68. The van der Waals surface area contributed by atoms with E-state index in [9.17, 15) is 19.2 Å². The van der Waals surface area contributed by atoms with E-state index in [2.05, 4.69) is 21.3 Å². The Kier molecular flexibility index (Phi) is 10.3. The number of hydrogen-bond donors (Lipinski definition) is 4. The molecule has 3 aliphatic rings. The van der Waals surface area contributed by atoms with E-state index in [0.29, 0.717) is 48.4 Å². The maximum absolute atomic E-state index is 13.0. The van der Waals surface area contributed by atoms with Crippen LogP contribution < -0.4 is 21.3 Å². The monoisotopic (exact) mass is 572 g/mol. The van der Waals surface area contributed by atoms with Crippen LogP contribution in [0.3, 0.4) is 0 Å². The Balaban J connectivity index is 1.07. The molecule has 4 N–H and O–H groups in total. The van der Waals surface area contributed by atoms with Crippen molar-refractivity contribution in [1.29, 1.82) is 0 Å². The molecule has 0 spiro atoms. The van der Waals surface area contributed by atoms with Crippen molar-refractivity contribution >= 4 is 46.4 Å². The predicted molar refractivity (Wildman–Crippen MR) is 166 cm³/mol. The average molecular weight is 573 g/mol. The van der Waals surface area contributed by atoms with Crippen LogP contribution >= 0.6 is 0 Å². The minimum atomic E-state index is -0.159. The molecule has 2 aromatic carbocycles. The van der Waals surface area contributed by atoms with Crippen LogP contribution in [0.1, 0.15) is 89.9 Å². The highest BCUT2D eigenvalue weighted by molar-refractivity contribution is 5.97. The second-order valence-electron chi connectivity index (χ2n) is 12.3. The molecule has 3 saturated carbocycles. The third kappa shape index (κ3) is 8.20. The number of anilines is 4. The zero-order chi connectivity index (χ0) is 29.3. The zero-order valence-electron chi connectivity index (χ0n) is 24.5. The van der Waals surface area contributed by atoms with Gasteiger partial charge in [0.25, 0.3) is 0 Å². The van der Waals surface area contributed by atoms with Gasteiger partial charge in [-0.2, -0.15) is 0 Å². The summed E-state index contributed by atoms with van der Waals surface area (Å²) in [6.45, 7) is 0. The van der Waals surface area contributed by atoms with E-state index in [1.165, 1.54) is 12.8 Å². The largest absolute Gasteiger partial charge is 0.326 e. The average Bonchev–Trinajstić information content (AvgIpc) is 3.02. The van der Waals surface area contributed by atoms with E-state index in [-0.39, 0.29) is 47.3 Å². The van der Waals surface area contributed by atoms with Crippen molar-refractivity contribution in [1.82, 2.24) is 0 Å². The maximum atomic E-state index is 13.0. The molecule has 0 heterocycles. The van der Waals surface area contributed by atoms with Gasteiger partial charge in [-0.3, -0.25) is 19.2 Å². The maximum Gasteiger partial charge on any atom is 0.227 e. The third-order valence-electron chi connectivity index (χ3n) is 9.22. The van der Waals surface area contributed by atoms with Gasteiger partial charge < -0.3 is 21.3 Å². The van der Waals surface area contributed by atoms with E-state index in [1.54, 1.807) is 0 Å². The van der Waals surface area contributed by atoms with E-state index in [1.807, 2.05) is 48.5 Å². The Morgan fingerprint density at radius 2 is 0.667 bits per heavy atom. The topological polar surface area (TPSA) is 116 Å². The molecule has 0 aromatic heterocycles. The molecule has 3 fully saturated rings. The van der Waals surface area contributed by atoms with Gasteiger partial charge in [0.1, 0.15) is 0 Å². The zero-order valence-corrected chi connectivity index (χ0v) is 24.5. The molecule has 0 unspecified atom stereocenters. The number of nitrogens with one attached hydrogen (secondary N) is 4. The standard InChI is InChI=1S/C34H44N4O4/c39-31(23-9-3-1-4-10-23)35-27-13-7-15-29(21-27)37-33(41)25-17-19-26(20-18-25)34(42)38-30-16-8-14-28(22-30)36-32(40)24-11-5-2-6-12-24/h7-8,13-16,21-26H,1-6,9-12,17-20H2,(H,35,39)(H,36,40)(H,37,41)(H,38,42). The van der Waals surface area contributed by atoms with Gasteiger partial charge in [0.2, 0.25) is 23.6 Å². The van der Waals surface area contributed by atoms with Crippen molar-refractivity contribution in [3.8, 4) is 0 Å². The number of carbonyl (C=O) groups is 4. The van der Waals surface area contributed by atoms with Crippen LogP contribution in [0.4, 0.5) is 22.7 Å². The number of amides is 4. The molecule has 5 rings (SSSR count). The third-order valence-corrected chi connectivity index (χ3v) is 9.22. The summed E-state index contributed by atoms with van der Waals surface area (Å²) in [5, 5.41) is 12.0. The molecule has 2 aromatic rings. The SMILES string of the molecule is O=C(Nc1cccc(NC(=O)C2CCC(C(=O)Nc3cccc(NC(=O)C4CCCCC4)c3)CC2)c1)C1CCCCC1. The van der Waals surface area contributed by atoms with Crippen LogP contribution in [0.15, 0.2) is 48.5 Å². The molecule has 224 valence electrons. The van der Waals surface area contributed by atoms with Gasteiger partial charge in [0.15, 0.2) is 0 Å². The molecule has 0 radical (unpaired) electrons. The summed E-state index contributed by atoms with van der Waals surface area (Å²) in [5.41, 5.74) is 2.72. The van der Waals surface area contributed by atoms with Crippen LogP contribution in [-0.4, -0.2) is 23.6 Å². The lowest BCUT2D eigenvalue weighted by Gasteiger charge is -2.27. The van der Waals surface area contributed by atoms with Crippen molar-refractivity contribution in [3.05, 3.63) is 48.5 Å². The van der Waals surface area contributed by atoms with Crippen molar-refractivity contribution in [3.63, 3.8) is 0 Å². The molecular formula is C34H44N4O4. The fourth-order valence-corrected chi connectivity index (χ4v) is 6.67. The van der Waals surface area contributed by atoms with Gasteiger partial charge in [-0.25, -0.2) is 0 Å². The first-order valence-corrected chi connectivity index (χ1v) is 15.9. The molecule has 0 saturated heterocycles. The highest BCUT2D eigenvalue weighted by atomic mass is 16.2. The van der Waals surface area contributed by atoms with Gasteiger partial charge in [-0.15, -0.1) is 0 Å². The van der Waals surface area contributed by atoms with Crippen LogP contribution in [0.2, 0.25) is 0 Å². The van der Waals surface area contributed by atoms with Crippen molar-refractivity contribution in [2.24, 2.45) is 23.7 Å². The molecular weight excluding hydrogens is 528 g/mol. The lowest BCUT2D eigenvalue weighted by molar-refractivity contribution is -0.125. The molecule has 0 bridgehead atoms. The fraction of sp³-hybridized carbons (Fsp3) is 0.529. The Morgan fingerprint density at radius 3 is 0.952 bits per heavy atom. The number of benzene rings is 2.